The fourth-order valence-electron chi connectivity index (χ4n) is 3.80. The number of ketones is 1. The summed E-state index contributed by atoms with van der Waals surface area (Å²) < 4.78 is 13.3. The van der Waals surface area contributed by atoms with Crippen molar-refractivity contribution in [2.45, 2.75) is 25.7 Å². The first-order valence-corrected chi connectivity index (χ1v) is 11.7. The van der Waals surface area contributed by atoms with E-state index in [1.165, 1.54) is 47.8 Å². The molecule has 1 heterocycles. The molecule has 1 aromatic heterocycles. The Bertz CT molecular complexity index is 1000. The highest BCUT2D eigenvalue weighted by Gasteiger charge is 2.45. The molecule has 162 valence electrons. The van der Waals surface area contributed by atoms with E-state index in [4.69, 9.17) is 16.0 Å². The number of rotatable bonds is 11. The van der Waals surface area contributed by atoms with Crippen molar-refractivity contribution in [3.63, 3.8) is 0 Å². The molecule has 1 atom stereocenters. The zero-order chi connectivity index (χ0) is 22.3. The summed E-state index contributed by atoms with van der Waals surface area (Å²) in [7, 11) is 0. The van der Waals surface area contributed by atoms with Crippen LogP contribution < -0.4 is 10.5 Å². The molecule has 0 saturated heterocycles. The van der Waals surface area contributed by atoms with Gasteiger partial charge in [-0.05, 0) is 67.8 Å². The van der Waals surface area contributed by atoms with Gasteiger partial charge in [-0.1, -0.05) is 17.5 Å². The van der Waals surface area contributed by atoms with Crippen LogP contribution in [0.1, 0.15) is 35.5 Å². The predicted molar refractivity (Wildman–Crippen MR) is 127 cm³/mol. The number of anilines is 1. The number of carbonyl (C=O) groups excluding carboxylic acids is 1. The number of allylic oxidation sites excluding steroid dienone is 3. The van der Waals surface area contributed by atoms with Crippen molar-refractivity contribution in [1.29, 1.82) is 10.8 Å². The number of benzene rings is 1. The highest BCUT2D eigenvalue weighted by atomic mass is 32.2. The first-order chi connectivity index (χ1) is 15.0. The number of aromatic nitrogens is 1. The number of halogens is 1. The first-order valence-electron chi connectivity index (χ1n) is 9.76. The van der Waals surface area contributed by atoms with Crippen LogP contribution in [-0.4, -0.2) is 28.9 Å². The molecule has 6 nitrogen and oxygen atoms in total. The number of hydrogen-bond acceptors (Lipinski definition) is 8. The van der Waals surface area contributed by atoms with Crippen molar-refractivity contribution in [3.8, 4) is 0 Å². The Morgan fingerprint density at radius 3 is 2.74 bits per heavy atom. The topological polar surface area (TPSA) is 116 Å². The molecule has 0 amide bonds. The predicted octanol–water partition coefficient (Wildman–Crippen LogP) is 5.22. The fraction of sp³-hybridized carbons (Fsp3) is 0.273. The zero-order valence-corrected chi connectivity index (χ0v) is 18.5. The Morgan fingerprint density at radius 1 is 1.35 bits per heavy atom. The summed E-state index contributed by atoms with van der Waals surface area (Å²) in [6, 6.07) is 5.99. The van der Waals surface area contributed by atoms with Crippen molar-refractivity contribution in [2.24, 2.45) is 10.6 Å². The van der Waals surface area contributed by atoms with E-state index in [-0.39, 0.29) is 11.6 Å². The maximum atomic E-state index is 13.7. The van der Waals surface area contributed by atoms with Gasteiger partial charge in [-0.3, -0.25) is 9.93 Å². The van der Waals surface area contributed by atoms with Crippen LogP contribution in [0.5, 0.6) is 0 Å². The lowest BCUT2D eigenvalue weighted by Gasteiger charge is -2.38. The summed E-state index contributed by atoms with van der Waals surface area (Å²) in [5.74, 6) is 0.219. The molecule has 0 fully saturated rings. The Labute approximate surface area is 189 Å². The third kappa shape index (κ3) is 5.17. The van der Waals surface area contributed by atoms with Crippen LogP contribution in [0.25, 0.3) is 0 Å². The van der Waals surface area contributed by atoms with Gasteiger partial charge in [-0.2, -0.15) is 0 Å². The monoisotopic (exact) mass is 457 g/mol. The number of hydrogen-bond donors (Lipinski definition) is 4. The number of nitrogens with one attached hydrogen (secondary N) is 3. The number of nitrogens with two attached hydrogens (primary N) is 1. The third-order valence-electron chi connectivity index (χ3n) is 5.33. The van der Waals surface area contributed by atoms with Crippen molar-refractivity contribution < 1.29 is 9.18 Å². The number of nitrogens with zero attached hydrogens (tertiary/aromatic N) is 1. The molecule has 0 bridgehead atoms. The zero-order valence-electron chi connectivity index (χ0n) is 16.9. The summed E-state index contributed by atoms with van der Waals surface area (Å²) in [6.45, 7) is 0. The molecule has 1 aliphatic carbocycles. The Kier molecular flexibility index (Phi) is 7.89. The van der Waals surface area contributed by atoms with Gasteiger partial charge in [0, 0.05) is 34.9 Å². The van der Waals surface area contributed by atoms with E-state index in [1.54, 1.807) is 23.7 Å². The van der Waals surface area contributed by atoms with Crippen LogP contribution in [0.3, 0.4) is 0 Å². The van der Waals surface area contributed by atoms with Crippen molar-refractivity contribution >= 4 is 47.2 Å². The van der Waals surface area contributed by atoms with Gasteiger partial charge in [0.1, 0.15) is 5.82 Å². The molecular formula is C22H24FN5OS2. The highest BCUT2D eigenvalue weighted by Crippen LogP contribution is 2.47. The highest BCUT2D eigenvalue weighted by molar-refractivity contribution is 7.97. The van der Waals surface area contributed by atoms with Gasteiger partial charge >= 0.3 is 0 Å². The van der Waals surface area contributed by atoms with E-state index in [0.717, 1.165) is 5.57 Å². The lowest BCUT2D eigenvalue weighted by Crippen LogP contribution is -2.37. The van der Waals surface area contributed by atoms with E-state index in [1.807, 2.05) is 6.08 Å². The van der Waals surface area contributed by atoms with Crippen LogP contribution in [0.15, 0.2) is 58.8 Å². The maximum Gasteiger partial charge on any atom is 0.201 e. The van der Waals surface area contributed by atoms with Crippen LogP contribution in [-0.2, 0) is 0 Å². The van der Waals surface area contributed by atoms with Gasteiger partial charge in [0.05, 0.1) is 5.41 Å². The number of carbonyl (C=O) groups is 1. The third-order valence-corrected chi connectivity index (χ3v) is 6.55. The second-order valence-corrected chi connectivity index (χ2v) is 8.81. The quantitative estimate of drug-likeness (QED) is 0.210. The van der Waals surface area contributed by atoms with Gasteiger partial charge in [-0.25, -0.2) is 9.37 Å². The summed E-state index contributed by atoms with van der Waals surface area (Å²) in [6.07, 6.45) is 7.91. The molecule has 1 unspecified atom stereocenters. The maximum absolute atomic E-state index is 13.7. The molecule has 9 heteroatoms. The lowest BCUT2D eigenvalue weighted by atomic mass is 9.65. The van der Waals surface area contributed by atoms with Crippen LogP contribution in [0.2, 0.25) is 0 Å². The first kappa shape index (κ1) is 23.1. The minimum Gasteiger partial charge on any atom is -0.355 e. The van der Waals surface area contributed by atoms with E-state index in [9.17, 15) is 9.18 Å². The van der Waals surface area contributed by atoms with Gasteiger partial charge < -0.3 is 16.1 Å². The average molecular weight is 458 g/mol. The molecule has 31 heavy (non-hydrogen) atoms. The molecule has 2 aromatic rings. The van der Waals surface area contributed by atoms with E-state index < -0.39 is 5.41 Å². The molecular weight excluding hydrogens is 433 g/mol. The van der Waals surface area contributed by atoms with Gasteiger partial charge in [0.15, 0.2) is 5.01 Å². The van der Waals surface area contributed by atoms with E-state index in [0.29, 0.717) is 53.4 Å². The number of Topliss-reactive ketones (excluding diaryl/α,β-unsaturated/α-hetero) is 1. The Balaban J connectivity index is 2.06. The second kappa shape index (κ2) is 10.6. The Hall–Kier alpha value is -2.62. The largest absolute Gasteiger partial charge is 0.355 e. The molecule has 1 aliphatic rings. The SMILES string of the molecule is N=CCCC1(C(=O)c2nccs2)CC(C=N)=C(Nc2ccc(F)cc2)C=C1CCSN. The smallest absolute Gasteiger partial charge is 0.201 e. The fourth-order valence-corrected chi connectivity index (χ4v) is 4.81. The normalized spacial score (nSPS) is 18.5. The van der Waals surface area contributed by atoms with Crippen molar-refractivity contribution in [1.82, 2.24) is 4.98 Å². The molecule has 0 saturated carbocycles. The summed E-state index contributed by atoms with van der Waals surface area (Å²) in [5, 5.41) is 26.7. The molecule has 0 spiro atoms. The summed E-state index contributed by atoms with van der Waals surface area (Å²) in [5.41, 5.74) is 2.09. The van der Waals surface area contributed by atoms with Crippen molar-refractivity contribution in [2.75, 3.05) is 11.1 Å². The minimum atomic E-state index is -0.883. The molecule has 0 aliphatic heterocycles. The molecule has 5 N–H and O–H groups in total. The lowest BCUT2D eigenvalue weighted by molar-refractivity contribution is 0.0824. The molecule has 3 rings (SSSR count). The molecule has 1 aromatic carbocycles. The average Bonchev–Trinajstić information content (AvgIpc) is 3.33. The van der Waals surface area contributed by atoms with E-state index >= 15 is 0 Å². The van der Waals surface area contributed by atoms with Gasteiger partial charge in [0.2, 0.25) is 5.78 Å². The second-order valence-electron chi connectivity index (χ2n) is 7.17. The minimum absolute atomic E-state index is 0.0854. The summed E-state index contributed by atoms with van der Waals surface area (Å²) in [4.78, 5) is 17.9. The Morgan fingerprint density at radius 2 is 2.13 bits per heavy atom. The van der Waals surface area contributed by atoms with Crippen LogP contribution in [0.4, 0.5) is 10.1 Å². The van der Waals surface area contributed by atoms with Crippen molar-refractivity contribution in [3.05, 3.63) is 69.6 Å². The number of thiazole rings is 1. The van der Waals surface area contributed by atoms with Gasteiger partial charge in [-0.15, -0.1) is 11.3 Å². The standard InChI is InChI=1S/C22H24FN5OS2/c23-17-2-4-18(5-3-17)28-19-12-16(6-10-31-26)22(7-1-8-24,13-15(19)14-25)20(29)21-27-9-11-30-21/h2-5,8-9,11-12,14,24-25,28H,1,6-7,10,13,26H2. The summed E-state index contributed by atoms with van der Waals surface area (Å²) >= 11 is 2.51. The van der Waals surface area contributed by atoms with Gasteiger partial charge in [0.25, 0.3) is 0 Å². The van der Waals surface area contributed by atoms with E-state index in [2.05, 4.69) is 10.3 Å². The van der Waals surface area contributed by atoms with Crippen LogP contribution in [0, 0.1) is 22.1 Å². The molecule has 0 radical (unpaired) electrons. The van der Waals surface area contributed by atoms with Crippen LogP contribution >= 0.6 is 23.3 Å².